The second-order valence-electron chi connectivity index (χ2n) is 4.35. The second-order valence-corrected chi connectivity index (χ2v) is 4.35. The first-order valence-corrected chi connectivity index (χ1v) is 5.91. The minimum Gasteiger partial charge on any atom is -0.386 e. The summed E-state index contributed by atoms with van der Waals surface area (Å²) in [6.07, 6.45) is -0.659. The van der Waals surface area contributed by atoms with Crippen molar-refractivity contribution < 1.29 is 14.6 Å². The molecule has 0 amide bonds. The van der Waals surface area contributed by atoms with Crippen LogP contribution in [0.15, 0.2) is 30.3 Å². The van der Waals surface area contributed by atoms with Gasteiger partial charge in [-0.3, -0.25) is 0 Å². The molecule has 17 heavy (non-hydrogen) atoms. The van der Waals surface area contributed by atoms with Crippen molar-refractivity contribution >= 4 is 0 Å². The fourth-order valence-electron chi connectivity index (χ4n) is 1.86. The monoisotopic (exact) mass is 237 g/mol. The summed E-state index contributed by atoms with van der Waals surface area (Å²) in [7, 11) is 0. The van der Waals surface area contributed by atoms with Gasteiger partial charge in [0.15, 0.2) is 5.79 Å². The van der Waals surface area contributed by atoms with Gasteiger partial charge in [0.2, 0.25) is 0 Å². The molecule has 4 nitrogen and oxygen atoms in total. The molecule has 0 saturated carbocycles. The van der Waals surface area contributed by atoms with E-state index in [1.807, 2.05) is 30.3 Å². The predicted molar refractivity (Wildman–Crippen MR) is 64.5 cm³/mol. The Bertz CT molecular complexity index is 336. The van der Waals surface area contributed by atoms with Crippen molar-refractivity contribution in [3.05, 3.63) is 35.9 Å². The predicted octanol–water partition coefficient (Wildman–Crippen LogP) is 0.900. The van der Waals surface area contributed by atoms with Gasteiger partial charge in [-0.05, 0) is 12.5 Å². The van der Waals surface area contributed by atoms with Crippen molar-refractivity contribution in [2.24, 2.45) is 0 Å². The van der Waals surface area contributed by atoms with Crippen LogP contribution in [0, 0.1) is 0 Å². The van der Waals surface area contributed by atoms with Crippen molar-refractivity contribution in [1.29, 1.82) is 0 Å². The van der Waals surface area contributed by atoms with Gasteiger partial charge < -0.3 is 19.9 Å². The van der Waals surface area contributed by atoms with Gasteiger partial charge in [0.05, 0.1) is 13.2 Å². The largest absolute Gasteiger partial charge is 0.386 e. The van der Waals surface area contributed by atoms with E-state index in [4.69, 9.17) is 9.47 Å². The fraction of sp³-hybridized carbons (Fsp3) is 0.538. The summed E-state index contributed by atoms with van der Waals surface area (Å²) in [4.78, 5) is 0. The molecule has 1 aliphatic heterocycles. The molecule has 1 atom stereocenters. The van der Waals surface area contributed by atoms with Crippen molar-refractivity contribution in [3.63, 3.8) is 0 Å². The number of aliphatic hydroxyl groups excluding tert-OH is 1. The summed E-state index contributed by atoms with van der Waals surface area (Å²) in [6.45, 7) is 4.05. The van der Waals surface area contributed by atoms with Crippen LogP contribution in [0.2, 0.25) is 0 Å². The first kappa shape index (κ1) is 12.5. The smallest absolute Gasteiger partial charge is 0.192 e. The summed E-state index contributed by atoms with van der Waals surface area (Å²) in [5, 5.41) is 13.2. The van der Waals surface area contributed by atoms with E-state index in [0.717, 1.165) is 6.54 Å². The molecule has 1 aromatic rings. The Morgan fingerprint density at radius 1 is 1.29 bits per heavy atom. The van der Waals surface area contributed by atoms with Crippen LogP contribution in [-0.4, -0.2) is 36.8 Å². The van der Waals surface area contributed by atoms with Gasteiger partial charge >= 0.3 is 0 Å². The van der Waals surface area contributed by atoms with Crippen LogP contribution in [0.25, 0.3) is 0 Å². The van der Waals surface area contributed by atoms with Crippen LogP contribution >= 0.6 is 0 Å². The van der Waals surface area contributed by atoms with Crippen molar-refractivity contribution in [2.75, 3.05) is 19.8 Å². The van der Waals surface area contributed by atoms with E-state index < -0.39 is 11.9 Å². The zero-order valence-electron chi connectivity index (χ0n) is 10.1. The Kier molecular flexibility index (Phi) is 4.12. The number of ether oxygens (including phenoxy) is 2. The highest BCUT2D eigenvalue weighted by Gasteiger charge is 2.38. The molecule has 94 valence electrons. The summed E-state index contributed by atoms with van der Waals surface area (Å²) >= 11 is 0. The number of aliphatic hydroxyl groups is 1. The van der Waals surface area contributed by atoms with E-state index in [0.29, 0.717) is 19.8 Å². The zero-order valence-corrected chi connectivity index (χ0v) is 10.1. The van der Waals surface area contributed by atoms with Gasteiger partial charge in [-0.15, -0.1) is 0 Å². The molecule has 1 unspecified atom stereocenters. The fourth-order valence-corrected chi connectivity index (χ4v) is 1.86. The van der Waals surface area contributed by atoms with Gasteiger partial charge in [-0.1, -0.05) is 30.3 Å². The van der Waals surface area contributed by atoms with Gasteiger partial charge in [0.25, 0.3) is 0 Å². The van der Waals surface area contributed by atoms with Crippen LogP contribution in [0.3, 0.4) is 0 Å². The molecule has 1 saturated heterocycles. The van der Waals surface area contributed by atoms with Crippen LogP contribution in [0.1, 0.15) is 12.5 Å². The molecule has 0 bridgehead atoms. The molecule has 1 fully saturated rings. The first-order valence-electron chi connectivity index (χ1n) is 5.91. The van der Waals surface area contributed by atoms with E-state index >= 15 is 0 Å². The Morgan fingerprint density at radius 3 is 2.59 bits per heavy atom. The summed E-state index contributed by atoms with van der Waals surface area (Å²) in [5.74, 6) is -0.857. The molecular weight excluding hydrogens is 218 g/mol. The Hall–Kier alpha value is -0.940. The van der Waals surface area contributed by atoms with Crippen molar-refractivity contribution in [2.45, 2.75) is 25.4 Å². The van der Waals surface area contributed by atoms with E-state index in [2.05, 4.69) is 5.32 Å². The number of hydrogen-bond donors (Lipinski definition) is 2. The van der Waals surface area contributed by atoms with Gasteiger partial charge in [-0.25, -0.2) is 0 Å². The van der Waals surface area contributed by atoms with Crippen molar-refractivity contribution in [3.8, 4) is 0 Å². The number of rotatable bonds is 5. The molecule has 2 rings (SSSR count). The van der Waals surface area contributed by atoms with Gasteiger partial charge in [0, 0.05) is 13.1 Å². The van der Waals surface area contributed by atoms with E-state index in [-0.39, 0.29) is 0 Å². The molecule has 2 N–H and O–H groups in total. The summed E-state index contributed by atoms with van der Waals surface area (Å²) < 4.78 is 10.8. The number of hydrogen-bond acceptors (Lipinski definition) is 4. The highest BCUT2D eigenvalue weighted by Crippen LogP contribution is 2.22. The summed E-state index contributed by atoms with van der Waals surface area (Å²) in [5.41, 5.74) is 1.19. The van der Waals surface area contributed by atoms with E-state index in [1.54, 1.807) is 6.92 Å². The SMILES string of the molecule is CC1(C(O)CNCc2ccccc2)OCCO1. The minimum atomic E-state index is -0.857. The first-order chi connectivity index (χ1) is 8.21. The maximum Gasteiger partial charge on any atom is 0.192 e. The normalized spacial score (nSPS) is 20.4. The molecule has 0 radical (unpaired) electrons. The molecule has 1 heterocycles. The lowest BCUT2D eigenvalue weighted by Crippen LogP contribution is -2.46. The van der Waals surface area contributed by atoms with Crippen LogP contribution in [0.4, 0.5) is 0 Å². The molecule has 0 aliphatic carbocycles. The van der Waals surface area contributed by atoms with Crippen LogP contribution in [0.5, 0.6) is 0 Å². The van der Waals surface area contributed by atoms with Crippen molar-refractivity contribution in [1.82, 2.24) is 5.32 Å². The van der Waals surface area contributed by atoms with Crippen LogP contribution < -0.4 is 5.32 Å². The quantitative estimate of drug-likeness (QED) is 0.799. The number of benzene rings is 1. The molecular formula is C13H19NO3. The Morgan fingerprint density at radius 2 is 1.94 bits per heavy atom. The van der Waals surface area contributed by atoms with Crippen LogP contribution in [-0.2, 0) is 16.0 Å². The van der Waals surface area contributed by atoms with Gasteiger partial charge in [-0.2, -0.15) is 0 Å². The zero-order chi connectivity index (χ0) is 12.1. The van der Waals surface area contributed by atoms with E-state index in [9.17, 15) is 5.11 Å². The third-order valence-electron chi connectivity index (χ3n) is 2.98. The maximum atomic E-state index is 9.97. The van der Waals surface area contributed by atoms with Gasteiger partial charge in [0.1, 0.15) is 6.10 Å². The molecule has 0 aromatic heterocycles. The Labute approximate surface area is 102 Å². The molecule has 1 aliphatic rings. The number of nitrogens with one attached hydrogen (secondary N) is 1. The molecule has 4 heteroatoms. The third kappa shape index (κ3) is 3.26. The second kappa shape index (κ2) is 5.60. The standard InChI is InChI=1S/C13H19NO3/c1-13(16-7-8-17-13)12(15)10-14-9-11-5-3-2-4-6-11/h2-6,12,14-15H,7-10H2,1H3. The lowest BCUT2D eigenvalue weighted by Gasteiger charge is -2.28. The lowest BCUT2D eigenvalue weighted by molar-refractivity contribution is -0.205. The highest BCUT2D eigenvalue weighted by atomic mass is 16.7. The minimum absolute atomic E-state index is 0.450. The maximum absolute atomic E-state index is 9.97. The average Bonchev–Trinajstić information content (AvgIpc) is 2.79. The molecule has 1 aromatic carbocycles. The third-order valence-corrected chi connectivity index (χ3v) is 2.98. The highest BCUT2D eigenvalue weighted by molar-refractivity contribution is 5.14. The Balaban J connectivity index is 1.75. The average molecular weight is 237 g/mol. The molecule has 0 spiro atoms. The van der Waals surface area contributed by atoms with E-state index in [1.165, 1.54) is 5.56 Å². The lowest BCUT2D eigenvalue weighted by atomic mass is 10.1. The summed E-state index contributed by atoms with van der Waals surface area (Å²) in [6, 6.07) is 10.1. The topological polar surface area (TPSA) is 50.7 Å².